The molecule has 1 aromatic heterocycles. The maximum Gasteiger partial charge on any atom is 0.360 e. The van der Waals surface area contributed by atoms with Crippen LogP contribution in [0.4, 0.5) is 4.79 Å². The van der Waals surface area contributed by atoms with Crippen molar-refractivity contribution in [1.29, 1.82) is 0 Å². The van der Waals surface area contributed by atoms with Gasteiger partial charge in [-0.3, -0.25) is 14.5 Å². The number of rotatable bonds is 3. The standard InChI is InChI=1S/C16H16N4O5/c1-9(13(21)20-8-7-17-16(20)24)25-15(23)12-10-5-3-4-6-11(10)14(22)19(2)18-12/h3-6,9H,7-8H2,1-2H3,(H,17,24)/t9-/m1/s1. The summed E-state index contributed by atoms with van der Waals surface area (Å²) >= 11 is 0. The van der Waals surface area contributed by atoms with Gasteiger partial charge in [0, 0.05) is 25.5 Å². The minimum Gasteiger partial charge on any atom is -0.448 e. The largest absolute Gasteiger partial charge is 0.448 e. The highest BCUT2D eigenvalue weighted by Crippen LogP contribution is 2.15. The third-order valence-corrected chi connectivity index (χ3v) is 3.90. The topological polar surface area (TPSA) is 111 Å². The molecule has 0 bridgehead atoms. The third-order valence-electron chi connectivity index (χ3n) is 3.90. The van der Waals surface area contributed by atoms with Crippen LogP contribution in [0.5, 0.6) is 0 Å². The van der Waals surface area contributed by atoms with Crippen LogP contribution in [0, 0.1) is 0 Å². The highest BCUT2D eigenvalue weighted by atomic mass is 16.5. The number of ether oxygens (including phenoxy) is 1. The van der Waals surface area contributed by atoms with Crippen molar-refractivity contribution in [3.63, 3.8) is 0 Å². The van der Waals surface area contributed by atoms with E-state index < -0.39 is 24.0 Å². The van der Waals surface area contributed by atoms with Crippen molar-refractivity contribution >= 4 is 28.7 Å². The first-order valence-electron chi connectivity index (χ1n) is 7.66. The van der Waals surface area contributed by atoms with Crippen LogP contribution < -0.4 is 10.9 Å². The molecule has 0 unspecified atom stereocenters. The zero-order valence-electron chi connectivity index (χ0n) is 13.7. The molecule has 1 atom stereocenters. The van der Waals surface area contributed by atoms with Crippen molar-refractivity contribution in [2.45, 2.75) is 13.0 Å². The van der Waals surface area contributed by atoms with E-state index in [2.05, 4.69) is 10.4 Å². The molecule has 3 rings (SSSR count). The number of fused-ring (bicyclic) bond motifs is 1. The molecule has 1 aromatic carbocycles. The van der Waals surface area contributed by atoms with E-state index in [4.69, 9.17) is 4.74 Å². The van der Waals surface area contributed by atoms with Crippen LogP contribution in [-0.4, -0.2) is 51.8 Å². The summed E-state index contributed by atoms with van der Waals surface area (Å²) in [5.74, 6) is -1.45. The molecule has 1 aliphatic heterocycles. The number of imide groups is 1. The van der Waals surface area contributed by atoms with Gasteiger partial charge < -0.3 is 10.1 Å². The van der Waals surface area contributed by atoms with E-state index in [1.807, 2.05) is 0 Å². The molecule has 130 valence electrons. The average molecular weight is 344 g/mol. The lowest BCUT2D eigenvalue weighted by atomic mass is 10.1. The molecule has 2 heterocycles. The molecule has 0 aliphatic carbocycles. The van der Waals surface area contributed by atoms with Crippen LogP contribution in [0.3, 0.4) is 0 Å². The van der Waals surface area contributed by atoms with Crippen molar-refractivity contribution in [1.82, 2.24) is 20.0 Å². The van der Waals surface area contributed by atoms with Crippen LogP contribution >= 0.6 is 0 Å². The Hall–Kier alpha value is -3.23. The van der Waals surface area contributed by atoms with E-state index in [1.165, 1.54) is 14.0 Å². The minimum absolute atomic E-state index is 0.0665. The van der Waals surface area contributed by atoms with E-state index in [0.717, 1.165) is 9.58 Å². The van der Waals surface area contributed by atoms with Crippen LogP contribution in [0.25, 0.3) is 10.8 Å². The normalized spacial score (nSPS) is 15.1. The Morgan fingerprint density at radius 1 is 1.24 bits per heavy atom. The molecular formula is C16H16N4O5. The lowest BCUT2D eigenvalue weighted by molar-refractivity contribution is -0.136. The number of nitrogens with one attached hydrogen (secondary N) is 1. The quantitative estimate of drug-likeness (QED) is 0.787. The number of carbonyl (C=O) groups excluding carboxylic acids is 3. The second-order valence-corrected chi connectivity index (χ2v) is 5.59. The van der Waals surface area contributed by atoms with Gasteiger partial charge in [-0.25, -0.2) is 14.3 Å². The molecule has 0 spiro atoms. The Kier molecular flexibility index (Phi) is 4.22. The second kappa shape index (κ2) is 6.34. The molecule has 0 radical (unpaired) electrons. The zero-order valence-corrected chi connectivity index (χ0v) is 13.7. The van der Waals surface area contributed by atoms with Crippen LogP contribution in [0.15, 0.2) is 29.1 Å². The maximum absolute atomic E-state index is 12.5. The Bertz CT molecular complexity index is 936. The molecule has 1 aliphatic rings. The van der Waals surface area contributed by atoms with Crippen molar-refractivity contribution in [2.24, 2.45) is 7.05 Å². The summed E-state index contributed by atoms with van der Waals surface area (Å²) in [4.78, 5) is 49.3. The van der Waals surface area contributed by atoms with E-state index in [0.29, 0.717) is 17.3 Å². The molecule has 2 aromatic rings. The molecule has 9 nitrogen and oxygen atoms in total. The van der Waals surface area contributed by atoms with Crippen molar-refractivity contribution in [3.05, 3.63) is 40.3 Å². The number of hydrogen-bond donors (Lipinski definition) is 1. The van der Waals surface area contributed by atoms with Crippen LogP contribution in [0.2, 0.25) is 0 Å². The first-order chi connectivity index (χ1) is 11.9. The number of aromatic nitrogens is 2. The van der Waals surface area contributed by atoms with Gasteiger partial charge in [0.05, 0.1) is 5.39 Å². The minimum atomic E-state index is -1.16. The third kappa shape index (κ3) is 2.95. The Labute approximate surface area is 142 Å². The first kappa shape index (κ1) is 16.6. The summed E-state index contributed by atoms with van der Waals surface area (Å²) in [7, 11) is 1.43. The van der Waals surface area contributed by atoms with Gasteiger partial charge in [-0.05, 0) is 13.0 Å². The smallest absolute Gasteiger partial charge is 0.360 e. The molecule has 9 heteroatoms. The summed E-state index contributed by atoms with van der Waals surface area (Å²) in [6, 6.07) is 6.00. The molecule has 1 fully saturated rings. The van der Waals surface area contributed by atoms with Crippen molar-refractivity contribution in [3.8, 4) is 0 Å². The number of nitrogens with zero attached hydrogens (tertiary/aromatic N) is 3. The fourth-order valence-corrected chi connectivity index (χ4v) is 2.62. The lowest BCUT2D eigenvalue weighted by Gasteiger charge is -2.18. The van der Waals surface area contributed by atoms with Crippen LogP contribution in [-0.2, 0) is 16.6 Å². The van der Waals surface area contributed by atoms with E-state index >= 15 is 0 Å². The van der Waals surface area contributed by atoms with E-state index in [-0.39, 0.29) is 17.8 Å². The predicted octanol–water partition coefficient (Wildman–Crippen LogP) is 0.0306. The average Bonchev–Trinajstić information content (AvgIpc) is 3.03. The Balaban J connectivity index is 1.88. The number of benzene rings is 1. The van der Waals surface area contributed by atoms with Crippen molar-refractivity contribution < 1.29 is 19.1 Å². The predicted molar refractivity (Wildman–Crippen MR) is 87.0 cm³/mol. The Morgan fingerprint density at radius 3 is 2.56 bits per heavy atom. The fourth-order valence-electron chi connectivity index (χ4n) is 2.62. The maximum atomic E-state index is 12.5. The molecule has 0 saturated carbocycles. The molecule has 3 amide bonds. The van der Waals surface area contributed by atoms with Crippen LogP contribution in [0.1, 0.15) is 17.4 Å². The van der Waals surface area contributed by atoms with Gasteiger partial charge in [-0.15, -0.1) is 0 Å². The summed E-state index contributed by atoms with van der Waals surface area (Å²) in [6.45, 7) is 1.97. The van der Waals surface area contributed by atoms with E-state index in [9.17, 15) is 19.2 Å². The van der Waals surface area contributed by atoms with Gasteiger partial charge in [-0.1, -0.05) is 18.2 Å². The fraction of sp³-hybridized carbons (Fsp3) is 0.312. The highest BCUT2D eigenvalue weighted by Gasteiger charge is 2.32. The Morgan fingerprint density at radius 2 is 1.92 bits per heavy atom. The molecule has 25 heavy (non-hydrogen) atoms. The number of aryl methyl sites for hydroxylation is 1. The van der Waals surface area contributed by atoms with Crippen molar-refractivity contribution in [2.75, 3.05) is 13.1 Å². The summed E-state index contributed by atoms with van der Waals surface area (Å²) in [5.41, 5.74) is -0.409. The number of urea groups is 1. The van der Waals surface area contributed by atoms with Gasteiger partial charge in [-0.2, -0.15) is 5.10 Å². The second-order valence-electron chi connectivity index (χ2n) is 5.59. The highest BCUT2D eigenvalue weighted by molar-refractivity contribution is 6.04. The van der Waals surface area contributed by atoms with Gasteiger partial charge in [0.1, 0.15) is 0 Å². The number of amides is 3. The zero-order chi connectivity index (χ0) is 18.1. The van der Waals surface area contributed by atoms with Gasteiger partial charge in [0.15, 0.2) is 11.8 Å². The van der Waals surface area contributed by atoms with E-state index in [1.54, 1.807) is 24.3 Å². The molecule has 1 N–H and O–H groups in total. The number of esters is 1. The molecular weight excluding hydrogens is 328 g/mol. The number of carbonyl (C=O) groups is 3. The van der Waals surface area contributed by atoms with Gasteiger partial charge >= 0.3 is 12.0 Å². The lowest BCUT2D eigenvalue weighted by Crippen LogP contribution is -2.42. The summed E-state index contributed by atoms with van der Waals surface area (Å²) in [6.07, 6.45) is -1.16. The molecule has 1 saturated heterocycles. The first-order valence-corrected chi connectivity index (χ1v) is 7.66. The van der Waals surface area contributed by atoms with Gasteiger partial charge in [0.2, 0.25) is 0 Å². The van der Waals surface area contributed by atoms with Gasteiger partial charge in [0.25, 0.3) is 11.5 Å². The number of hydrogen-bond acceptors (Lipinski definition) is 6. The SMILES string of the molecule is C[C@@H](OC(=O)c1nn(C)c(=O)c2ccccc12)C(=O)N1CCNC1=O. The monoisotopic (exact) mass is 344 g/mol. The summed E-state index contributed by atoms with van der Waals surface area (Å²) < 4.78 is 6.21. The summed E-state index contributed by atoms with van der Waals surface area (Å²) in [5, 5.41) is 7.12.